The molecule has 0 radical (unpaired) electrons. The maximum Gasteiger partial charge on any atom is 0.345 e. The molecule has 96 valence electrons. The number of hydrogen-bond donors (Lipinski definition) is 0. The molecule has 2 aromatic heterocycles. The highest BCUT2D eigenvalue weighted by molar-refractivity contribution is 7.09. The van der Waals surface area contributed by atoms with E-state index in [-0.39, 0.29) is 0 Å². The standard InChI is InChI=1S/C13H7Cl2NO2S/c1-6-16-11(5-19-6)9-3-7-2-8(14)4-10(15)12(7)18-13(9)17/h2-5H,1H3. The summed E-state index contributed by atoms with van der Waals surface area (Å²) in [7, 11) is 0. The number of thiazole rings is 1. The Kier molecular flexibility index (Phi) is 3.09. The second-order valence-electron chi connectivity index (χ2n) is 4.01. The Labute approximate surface area is 122 Å². The van der Waals surface area contributed by atoms with Gasteiger partial charge >= 0.3 is 5.63 Å². The number of benzene rings is 1. The lowest BCUT2D eigenvalue weighted by Crippen LogP contribution is -2.03. The summed E-state index contributed by atoms with van der Waals surface area (Å²) >= 11 is 13.4. The van der Waals surface area contributed by atoms with Crippen LogP contribution in [-0.2, 0) is 0 Å². The van der Waals surface area contributed by atoms with Crippen molar-refractivity contribution >= 4 is 45.5 Å². The van der Waals surface area contributed by atoms with E-state index in [0.29, 0.717) is 32.3 Å². The van der Waals surface area contributed by atoms with Gasteiger partial charge in [-0.05, 0) is 25.1 Å². The molecule has 0 N–H and O–H groups in total. The van der Waals surface area contributed by atoms with Crippen molar-refractivity contribution in [2.24, 2.45) is 0 Å². The van der Waals surface area contributed by atoms with Crippen LogP contribution < -0.4 is 5.63 Å². The van der Waals surface area contributed by atoms with Crippen LogP contribution in [-0.4, -0.2) is 4.98 Å². The van der Waals surface area contributed by atoms with Crippen LogP contribution in [0.4, 0.5) is 0 Å². The van der Waals surface area contributed by atoms with Gasteiger partial charge in [0.05, 0.1) is 21.3 Å². The first kappa shape index (κ1) is 12.7. The molecule has 3 aromatic rings. The van der Waals surface area contributed by atoms with Crippen molar-refractivity contribution in [3.63, 3.8) is 0 Å². The summed E-state index contributed by atoms with van der Waals surface area (Å²) in [4.78, 5) is 16.3. The van der Waals surface area contributed by atoms with Gasteiger partial charge in [-0.25, -0.2) is 9.78 Å². The number of hydrogen-bond acceptors (Lipinski definition) is 4. The molecule has 3 rings (SSSR count). The van der Waals surface area contributed by atoms with Gasteiger partial charge in [-0.15, -0.1) is 11.3 Å². The molecule has 2 heterocycles. The number of halogens is 2. The van der Waals surface area contributed by atoms with Gasteiger partial charge in [0.1, 0.15) is 0 Å². The minimum Gasteiger partial charge on any atom is -0.421 e. The Morgan fingerprint density at radius 2 is 2.05 bits per heavy atom. The molecule has 0 bridgehead atoms. The second kappa shape index (κ2) is 4.63. The minimum absolute atomic E-state index is 0.320. The zero-order valence-electron chi connectivity index (χ0n) is 9.74. The summed E-state index contributed by atoms with van der Waals surface area (Å²) in [6, 6.07) is 4.95. The summed E-state index contributed by atoms with van der Waals surface area (Å²) in [5.74, 6) is 0. The zero-order chi connectivity index (χ0) is 13.6. The lowest BCUT2D eigenvalue weighted by Gasteiger charge is -2.02. The molecule has 0 spiro atoms. The summed E-state index contributed by atoms with van der Waals surface area (Å²) < 4.78 is 5.26. The van der Waals surface area contributed by atoms with Crippen molar-refractivity contribution in [2.45, 2.75) is 6.92 Å². The van der Waals surface area contributed by atoms with Gasteiger partial charge in [0, 0.05) is 15.8 Å². The molecule has 6 heteroatoms. The van der Waals surface area contributed by atoms with Crippen molar-refractivity contribution in [2.75, 3.05) is 0 Å². The Balaban J connectivity index is 2.33. The fourth-order valence-electron chi connectivity index (χ4n) is 1.82. The first-order valence-electron chi connectivity index (χ1n) is 5.40. The Morgan fingerprint density at radius 3 is 2.74 bits per heavy atom. The van der Waals surface area contributed by atoms with Crippen LogP contribution in [0.25, 0.3) is 22.2 Å². The molecule has 0 aliphatic heterocycles. The van der Waals surface area contributed by atoms with Crippen LogP contribution >= 0.6 is 34.5 Å². The van der Waals surface area contributed by atoms with Crippen molar-refractivity contribution in [1.82, 2.24) is 4.98 Å². The molecule has 0 aliphatic carbocycles. The number of aromatic nitrogens is 1. The highest BCUT2D eigenvalue weighted by atomic mass is 35.5. The van der Waals surface area contributed by atoms with Crippen LogP contribution in [0.3, 0.4) is 0 Å². The molecule has 0 aliphatic rings. The number of rotatable bonds is 1. The van der Waals surface area contributed by atoms with Gasteiger partial charge < -0.3 is 4.42 Å². The molecule has 0 saturated carbocycles. The maximum absolute atomic E-state index is 12.0. The second-order valence-corrected chi connectivity index (χ2v) is 5.91. The lowest BCUT2D eigenvalue weighted by molar-refractivity contribution is 0.563. The molecule has 1 aromatic carbocycles. The molecule has 0 saturated heterocycles. The van der Waals surface area contributed by atoms with Gasteiger partial charge in [-0.1, -0.05) is 23.2 Å². The summed E-state index contributed by atoms with van der Waals surface area (Å²) in [6.07, 6.45) is 0. The van der Waals surface area contributed by atoms with Gasteiger partial charge in [0.2, 0.25) is 0 Å². The van der Waals surface area contributed by atoms with Crippen molar-refractivity contribution in [1.29, 1.82) is 0 Å². The average Bonchev–Trinajstić information content (AvgIpc) is 2.76. The largest absolute Gasteiger partial charge is 0.421 e. The van der Waals surface area contributed by atoms with E-state index in [9.17, 15) is 4.79 Å². The first-order valence-corrected chi connectivity index (χ1v) is 7.03. The highest BCUT2D eigenvalue weighted by Crippen LogP contribution is 2.29. The van der Waals surface area contributed by atoms with E-state index >= 15 is 0 Å². The average molecular weight is 312 g/mol. The maximum atomic E-state index is 12.0. The van der Waals surface area contributed by atoms with E-state index in [2.05, 4.69) is 4.98 Å². The van der Waals surface area contributed by atoms with Crippen LogP contribution in [0.15, 0.2) is 32.8 Å². The third-order valence-electron chi connectivity index (χ3n) is 2.65. The third kappa shape index (κ3) is 2.27. The molecular formula is C13H7Cl2NO2S. The fourth-order valence-corrected chi connectivity index (χ4v) is 2.98. The van der Waals surface area contributed by atoms with Gasteiger partial charge in [-0.2, -0.15) is 0 Å². The number of aryl methyl sites for hydroxylation is 1. The zero-order valence-corrected chi connectivity index (χ0v) is 12.1. The van der Waals surface area contributed by atoms with Crippen LogP contribution in [0, 0.1) is 6.92 Å². The van der Waals surface area contributed by atoms with E-state index in [1.807, 2.05) is 12.3 Å². The highest BCUT2D eigenvalue weighted by Gasteiger charge is 2.12. The molecule has 0 atom stereocenters. The molecule has 3 nitrogen and oxygen atoms in total. The first-order chi connectivity index (χ1) is 9.04. The normalized spacial score (nSPS) is 11.1. The molecule has 19 heavy (non-hydrogen) atoms. The smallest absolute Gasteiger partial charge is 0.345 e. The Bertz CT molecular complexity index is 838. The van der Waals surface area contributed by atoms with E-state index in [1.54, 1.807) is 18.2 Å². The summed E-state index contributed by atoms with van der Waals surface area (Å²) in [6.45, 7) is 1.88. The van der Waals surface area contributed by atoms with E-state index in [1.165, 1.54) is 11.3 Å². The summed E-state index contributed by atoms with van der Waals surface area (Å²) in [5.41, 5.74) is 0.901. The van der Waals surface area contributed by atoms with Crippen molar-refractivity contribution < 1.29 is 4.42 Å². The van der Waals surface area contributed by atoms with Gasteiger partial charge in [0.25, 0.3) is 0 Å². The fraction of sp³-hybridized carbons (Fsp3) is 0.0769. The summed E-state index contributed by atoms with van der Waals surface area (Å²) in [5, 5.41) is 4.20. The minimum atomic E-state index is -0.456. The van der Waals surface area contributed by atoms with Crippen molar-refractivity contribution in [3.05, 3.63) is 49.1 Å². The van der Waals surface area contributed by atoms with E-state index in [0.717, 1.165) is 5.01 Å². The Hall–Kier alpha value is -1.36. The topological polar surface area (TPSA) is 43.1 Å². The van der Waals surface area contributed by atoms with Gasteiger partial charge in [-0.3, -0.25) is 0 Å². The predicted octanol–water partition coefficient (Wildman–Crippen LogP) is 4.53. The predicted molar refractivity (Wildman–Crippen MR) is 78.3 cm³/mol. The quantitative estimate of drug-likeness (QED) is 0.620. The lowest BCUT2D eigenvalue weighted by atomic mass is 10.1. The number of fused-ring (bicyclic) bond motifs is 1. The molecule has 0 fully saturated rings. The molecule has 0 amide bonds. The van der Waals surface area contributed by atoms with Gasteiger partial charge in [0.15, 0.2) is 5.58 Å². The third-order valence-corrected chi connectivity index (χ3v) is 3.92. The van der Waals surface area contributed by atoms with Crippen LogP contribution in [0.5, 0.6) is 0 Å². The monoisotopic (exact) mass is 311 g/mol. The number of nitrogens with zero attached hydrogens (tertiary/aromatic N) is 1. The Morgan fingerprint density at radius 1 is 1.26 bits per heavy atom. The molecular weight excluding hydrogens is 305 g/mol. The van der Waals surface area contributed by atoms with Crippen molar-refractivity contribution in [3.8, 4) is 11.3 Å². The van der Waals surface area contributed by atoms with E-state index in [4.69, 9.17) is 27.6 Å². The van der Waals surface area contributed by atoms with Crippen LogP contribution in [0.1, 0.15) is 5.01 Å². The van der Waals surface area contributed by atoms with E-state index < -0.39 is 5.63 Å². The SMILES string of the molecule is Cc1nc(-c2cc3cc(Cl)cc(Cl)c3oc2=O)cs1. The van der Waals surface area contributed by atoms with Crippen LogP contribution in [0.2, 0.25) is 10.0 Å². The molecule has 0 unspecified atom stereocenters.